The Labute approximate surface area is 451 Å². The van der Waals surface area contributed by atoms with E-state index in [0.717, 1.165) is 66.2 Å². The van der Waals surface area contributed by atoms with Gasteiger partial charge in [0.1, 0.15) is 0 Å². The average molecular weight is 1020 g/mol. The number of rotatable bonds is 9. The molecule has 6 nitrogen and oxygen atoms in total. The number of pyridine rings is 1. The predicted molar refractivity (Wildman–Crippen MR) is 327 cm³/mol. The van der Waals surface area contributed by atoms with E-state index in [0.29, 0.717) is 17.5 Å². The molecule has 15 aromatic rings. The fourth-order valence-corrected chi connectivity index (χ4v) is 13.9. The highest BCUT2D eigenvalue weighted by molar-refractivity contribution is 7.26. The average Bonchev–Trinajstić information content (AvgIpc) is 4.33. The van der Waals surface area contributed by atoms with Crippen LogP contribution in [0.3, 0.4) is 0 Å². The Kier molecular flexibility index (Phi) is 10.5. The summed E-state index contributed by atoms with van der Waals surface area (Å²) in [6, 6.07) is 73.5. The third-order valence-corrected chi connectivity index (χ3v) is 17.3. The third kappa shape index (κ3) is 7.21. The molecule has 0 radical (unpaired) electrons. The minimum Gasteiger partial charge on any atom is -0.309 e. The summed E-state index contributed by atoms with van der Waals surface area (Å²) in [5.74, 6) is 1.74. The summed E-state index contributed by atoms with van der Waals surface area (Å²) >= 11 is 3.63. The Morgan fingerprint density at radius 1 is 0.442 bits per heavy atom. The van der Waals surface area contributed by atoms with Gasteiger partial charge in [-0.1, -0.05) is 170 Å². The van der Waals surface area contributed by atoms with Gasteiger partial charge in [0.05, 0.1) is 27.8 Å². The van der Waals surface area contributed by atoms with Gasteiger partial charge in [0.15, 0.2) is 17.5 Å². The van der Waals surface area contributed by atoms with Crippen LogP contribution in [0.25, 0.3) is 152 Å². The van der Waals surface area contributed by atoms with Gasteiger partial charge < -0.3 is 9.13 Å². The van der Waals surface area contributed by atoms with Crippen LogP contribution in [0.4, 0.5) is 0 Å². The summed E-state index contributed by atoms with van der Waals surface area (Å²) in [4.78, 5) is 21.4. The first-order chi connectivity index (χ1) is 38.1. The topological polar surface area (TPSA) is 61.4 Å². The number of nitrogens with zero attached hydrogens (tertiary/aromatic N) is 6. The second-order valence-electron chi connectivity index (χ2n) is 19.3. The maximum absolute atomic E-state index is 5.54. The highest BCUT2D eigenvalue weighted by atomic mass is 32.1. The van der Waals surface area contributed by atoms with Crippen molar-refractivity contribution in [1.29, 1.82) is 0 Å². The van der Waals surface area contributed by atoms with E-state index in [1.54, 1.807) is 11.3 Å². The minimum absolute atomic E-state index is 0.552. The zero-order valence-electron chi connectivity index (χ0n) is 41.7. The number of allylic oxidation sites excluding steroid dienone is 5. The number of thiophene rings is 2. The Balaban J connectivity index is 0.971. The predicted octanol–water partition coefficient (Wildman–Crippen LogP) is 19.1. The highest BCUT2D eigenvalue weighted by Gasteiger charge is 2.24. The lowest BCUT2D eigenvalue weighted by Gasteiger charge is -2.14. The molecule has 0 unspecified atom stereocenters. The molecule has 9 aromatic carbocycles. The third-order valence-electron chi connectivity index (χ3n) is 14.9. The van der Waals surface area contributed by atoms with Crippen molar-refractivity contribution in [1.82, 2.24) is 29.1 Å². The van der Waals surface area contributed by atoms with E-state index in [1.807, 2.05) is 73.0 Å². The molecular formula is C69H44N6S2. The van der Waals surface area contributed by atoms with E-state index in [-0.39, 0.29) is 0 Å². The van der Waals surface area contributed by atoms with Gasteiger partial charge in [-0.25, -0.2) is 15.0 Å². The van der Waals surface area contributed by atoms with Crippen molar-refractivity contribution in [3.05, 3.63) is 243 Å². The summed E-state index contributed by atoms with van der Waals surface area (Å²) in [5.41, 5.74) is 13.4. The van der Waals surface area contributed by atoms with Crippen LogP contribution in [0, 0.1) is 0 Å². The first-order valence-electron chi connectivity index (χ1n) is 25.8. The van der Waals surface area contributed by atoms with Crippen molar-refractivity contribution in [3.63, 3.8) is 0 Å². The highest BCUT2D eigenvalue weighted by Crippen LogP contribution is 2.48. The van der Waals surface area contributed by atoms with Gasteiger partial charge in [-0.2, -0.15) is 0 Å². The van der Waals surface area contributed by atoms with Gasteiger partial charge in [-0.15, -0.1) is 22.7 Å². The fraction of sp³-hybridized carbons (Fsp3) is 0.0145. The molecule has 77 heavy (non-hydrogen) atoms. The van der Waals surface area contributed by atoms with Crippen molar-refractivity contribution >= 4 is 112 Å². The van der Waals surface area contributed by atoms with Crippen LogP contribution in [0.15, 0.2) is 243 Å². The molecule has 0 saturated carbocycles. The zero-order chi connectivity index (χ0) is 51.1. The maximum Gasteiger partial charge on any atom is 0.166 e. The Hall–Kier alpha value is -9.60. The summed E-state index contributed by atoms with van der Waals surface area (Å²) < 4.78 is 9.49. The fourth-order valence-electron chi connectivity index (χ4n) is 11.4. The van der Waals surface area contributed by atoms with Crippen molar-refractivity contribution in [2.24, 2.45) is 0 Å². The minimum atomic E-state index is 0.552. The van der Waals surface area contributed by atoms with Gasteiger partial charge in [-0.05, 0) is 73.7 Å². The van der Waals surface area contributed by atoms with E-state index in [4.69, 9.17) is 19.9 Å². The van der Waals surface area contributed by atoms with Gasteiger partial charge in [0.2, 0.25) is 0 Å². The van der Waals surface area contributed by atoms with Crippen LogP contribution >= 0.6 is 22.7 Å². The molecule has 8 heteroatoms. The molecule has 0 saturated heterocycles. The molecule has 6 heterocycles. The summed E-state index contributed by atoms with van der Waals surface area (Å²) in [6.45, 7) is 6.28. The van der Waals surface area contributed by atoms with Crippen molar-refractivity contribution in [3.8, 4) is 62.2 Å². The van der Waals surface area contributed by atoms with Crippen LogP contribution in [0.1, 0.15) is 6.92 Å². The number of fused-ring (bicyclic) bond motifs is 12. The Bertz CT molecular complexity index is 4890. The van der Waals surface area contributed by atoms with Crippen LogP contribution in [0.5, 0.6) is 0 Å². The maximum atomic E-state index is 5.54. The van der Waals surface area contributed by atoms with E-state index < -0.39 is 0 Å². The van der Waals surface area contributed by atoms with Crippen LogP contribution in [-0.4, -0.2) is 29.1 Å². The van der Waals surface area contributed by atoms with Gasteiger partial charge in [-0.3, -0.25) is 4.98 Å². The Morgan fingerprint density at radius 2 is 0.974 bits per heavy atom. The lowest BCUT2D eigenvalue weighted by Crippen LogP contribution is -2.02. The molecule has 362 valence electrons. The number of hydrogen-bond donors (Lipinski definition) is 0. The van der Waals surface area contributed by atoms with Gasteiger partial charge in [0.25, 0.3) is 0 Å². The molecule has 6 aromatic heterocycles. The molecular weight excluding hydrogens is 977 g/mol. The van der Waals surface area contributed by atoms with Crippen molar-refractivity contribution in [2.45, 2.75) is 6.92 Å². The molecule has 0 N–H and O–H groups in total. The quantitative estimate of drug-likeness (QED) is 0.135. The SMILES string of the molecule is C=C/C(=C\C=C/C)n1c2ccccc2c2cc3c(cc21)sc1c(-c2ncc(-c4cccc5c4sc4cc6c(cc45)c4ccccc4n6-c4ccccc4)cc2-c2nc(-c4ccccc4)nc(-c4ccccc4)n2)cccc13. The normalized spacial score (nSPS) is 12.3. The van der Waals surface area contributed by atoms with Crippen molar-refractivity contribution in [2.75, 3.05) is 0 Å². The number of aromatic nitrogens is 6. The molecule has 0 aliphatic heterocycles. The summed E-state index contributed by atoms with van der Waals surface area (Å²) in [7, 11) is 0. The lowest BCUT2D eigenvalue weighted by atomic mass is 9.97. The van der Waals surface area contributed by atoms with Crippen LogP contribution in [0.2, 0.25) is 0 Å². The van der Waals surface area contributed by atoms with E-state index in [1.165, 1.54) is 68.2 Å². The lowest BCUT2D eigenvalue weighted by molar-refractivity contribution is 1.07. The van der Waals surface area contributed by atoms with Gasteiger partial charge in [0, 0.05) is 113 Å². The van der Waals surface area contributed by atoms with Crippen LogP contribution in [-0.2, 0) is 0 Å². The molecule has 0 atom stereocenters. The molecule has 0 spiro atoms. The monoisotopic (exact) mass is 1020 g/mol. The van der Waals surface area contributed by atoms with E-state index in [9.17, 15) is 0 Å². The first-order valence-corrected chi connectivity index (χ1v) is 27.4. The number of hydrogen-bond acceptors (Lipinski definition) is 6. The molecule has 0 aliphatic carbocycles. The molecule has 15 rings (SSSR count). The molecule has 0 fully saturated rings. The van der Waals surface area contributed by atoms with Gasteiger partial charge >= 0.3 is 0 Å². The standard InChI is InChI=1S/C69H44N6S2/c1-3-5-25-45(4-2)74-58-34-17-15-28-48(58)53-37-56-51-32-20-33-52(66(51)77-63(56)39-60(53)74)64-57(69-72-67(42-21-9-6-10-22-42)71-68(73-69)43-23-11-7-12-24-43)36-44(41-70-64)47-30-19-31-50-55-38-54-49-29-16-18-35-59(49)75(46-26-13-8-14-27-46)61(54)40-62(55)76-65(47)50/h3-41H,2H2,1H3/b5-3-,45-25+. The summed E-state index contributed by atoms with van der Waals surface area (Å²) in [6.07, 6.45) is 10.2. The number of benzene rings is 9. The largest absolute Gasteiger partial charge is 0.309 e. The Morgan fingerprint density at radius 3 is 1.62 bits per heavy atom. The molecule has 0 amide bonds. The second kappa shape index (κ2) is 18.1. The molecule has 0 bridgehead atoms. The zero-order valence-corrected chi connectivity index (χ0v) is 43.4. The summed E-state index contributed by atoms with van der Waals surface area (Å²) in [5, 5.41) is 9.69. The van der Waals surface area contributed by atoms with Crippen molar-refractivity contribution < 1.29 is 0 Å². The first kappa shape index (κ1) is 44.8. The smallest absolute Gasteiger partial charge is 0.166 e. The number of para-hydroxylation sites is 3. The second-order valence-corrected chi connectivity index (χ2v) is 21.4. The van der Waals surface area contributed by atoms with E-state index in [2.05, 4.69) is 198 Å². The molecule has 0 aliphatic rings. The van der Waals surface area contributed by atoms with E-state index >= 15 is 0 Å². The van der Waals surface area contributed by atoms with Crippen LogP contribution < -0.4 is 0 Å².